The Balaban J connectivity index is 2.08. The van der Waals surface area contributed by atoms with Crippen molar-refractivity contribution in [2.75, 3.05) is 20.3 Å². The second-order valence-corrected chi connectivity index (χ2v) is 5.21. The summed E-state index contributed by atoms with van der Waals surface area (Å²) in [4.78, 5) is 11.7. The van der Waals surface area contributed by atoms with E-state index in [-0.39, 0.29) is 23.9 Å². The third kappa shape index (κ3) is 4.62. The van der Waals surface area contributed by atoms with E-state index >= 15 is 0 Å². The van der Waals surface area contributed by atoms with Crippen LogP contribution in [0.5, 0.6) is 0 Å². The second kappa shape index (κ2) is 6.36. The maximum absolute atomic E-state index is 11.7. The highest BCUT2D eigenvalue weighted by atomic mass is 16.5. The predicted molar refractivity (Wildman–Crippen MR) is 63.5 cm³/mol. The summed E-state index contributed by atoms with van der Waals surface area (Å²) >= 11 is 0. The monoisotopic (exact) mass is 228 g/mol. The van der Waals surface area contributed by atoms with Gasteiger partial charge < -0.3 is 9.47 Å². The topological polar surface area (TPSA) is 35.5 Å². The van der Waals surface area contributed by atoms with Gasteiger partial charge >= 0.3 is 0 Å². The van der Waals surface area contributed by atoms with E-state index in [1.165, 1.54) is 12.8 Å². The lowest BCUT2D eigenvalue weighted by Crippen LogP contribution is -2.26. The Labute approximate surface area is 98.5 Å². The average molecular weight is 228 g/mol. The molecular formula is C13H24O3. The molecule has 0 unspecified atom stereocenters. The van der Waals surface area contributed by atoms with Crippen LogP contribution in [-0.2, 0) is 14.3 Å². The zero-order valence-corrected chi connectivity index (χ0v) is 10.8. The molecule has 0 heterocycles. The minimum Gasteiger partial charge on any atom is -0.379 e. The zero-order chi connectivity index (χ0) is 12.0. The molecule has 0 bridgehead atoms. The molecule has 16 heavy (non-hydrogen) atoms. The Kier molecular flexibility index (Phi) is 5.42. The van der Waals surface area contributed by atoms with E-state index in [4.69, 9.17) is 9.47 Å². The molecule has 0 aromatic carbocycles. The third-order valence-electron chi connectivity index (χ3n) is 3.46. The maximum Gasteiger partial charge on any atom is 0.161 e. The summed E-state index contributed by atoms with van der Waals surface area (Å²) in [5.41, 5.74) is -0.156. The van der Waals surface area contributed by atoms with E-state index in [2.05, 4.69) is 0 Å². The number of Topliss-reactive ketones (excluding diaryl/α,β-unsaturated/α-hetero) is 1. The van der Waals surface area contributed by atoms with Gasteiger partial charge in [-0.3, -0.25) is 4.79 Å². The number of ketones is 1. The largest absolute Gasteiger partial charge is 0.379 e. The lowest BCUT2D eigenvalue weighted by molar-refractivity contribution is -0.128. The van der Waals surface area contributed by atoms with Crippen LogP contribution < -0.4 is 0 Å². The Hall–Kier alpha value is -0.410. The van der Waals surface area contributed by atoms with Crippen LogP contribution in [0.2, 0.25) is 0 Å². The summed E-state index contributed by atoms with van der Waals surface area (Å²) in [6.07, 6.45) is 5.35. The second-order valence-electron chi connectivity index (χ2n) is 5.21. The molecule has 0 atom stereocenters. The molecular weight excluding hydrogens is 204 g/mol. The van der Waals surface area contributed by atoms with Gasteiger partial charge in [0.1, 0.15) is 6.61 Å². The first kappa shape index (κ1) is 13.7. The van der Waals surface area contributed by atoms with E-state index in [0.717, 1.165) is 19.3 Å². The fourth-order valence-corrected chi connectivity index (χ4v) is 1.96. The summed E-state index contributed by atoms with van der Waals surface area (Å²) in [5.74, 6) is 0.558. The van der Waals surface area contributed by atoms with Gasteiger partial charge in [0.05, 0.1) is 5.60 Å². The molecule has 0 amide bonds. The molecule has 0 aromatic rings. The molecule has 0 aliphatic heterocycles. The van der Waals surface area contributed by atoms with E-state index in [1.807, 2.05) is 13.8 Å². The fourth-order valence-electron chi connectivity index (χ4n) is 1.96. The number of carbonyl (C=O) groups is 1. The molecule has 1 saturated carbocycles. The van der Waals surface area contributed by atoms with Gasteiger partial charge in [-0.15, -0.1) is 0 Å². The van der Waals surface area contributed by atoms with E-state index in [0.29, 0.717) is 6.61 Å². The van der Waals surface area contributed by atoms with Crippen LogP contribution in [-0.4, -0.2) is 31.7 Å². The SMILES string of the molecule is COC(C)(C)CCOCC(=O)C1CCCC1. The van der Waals surface area contributed by atoms with Crippen molar-refractivity contribution in [1.82, 2.24) is 0 Å². The maximum atomic E-state index is 11.7. The standard InChI is InChI=1S/C13H24O3/c1-13(2,15-3)8-9-16-10-12(14)11-6-4-5-7-11/h11H,4-10H2,1-3H3. The molecule has 1 aliphatic rings. The van der Waals surface area contributed by atoms with Crippen molar-refractivity contribution in [2.24, 2.45) is 5.92 Å². The van der Waals surface area contributed by atoms with E-state index in [1.54, 1.807) is 7.11 Å². The van der Waals surface area contributed by atoms with Gasteiger partial charge in [-0.2, -0.15) is 0 Å². The van der Waals surface area contributed by atoms with Gasteiger partial charge in [-0.05, 0) is 33.1 Å². The quantitative estimate of drug-likeness (QED) is 0.628. The van der Waals surface area contributed by atoms with Gasteiger partial charge in [0.15, 0.2) is 5.78 Å². The summed E-state index contributed by atoms with van der Waals surface area (Å²) < 4.78 is 10.7. The van der Waals surface area contributed by atoms with Crippen LogP contribution >= 0.6 is 0 Å². The molecule has 1 aliphatic carbocycles. The van der Waals surface area contributed by atoms with Crippen molar-refractivity contribution in [2.45, 2.75) is 51.6 Å². The Bertz CT molecular complexity index is 217. The minimum atomic E-state index is -0.156. The number of hydrogen-bond acceptors (Lipinski definition) is 3. The molecule has 0 N–H and O–H groups in total. The first-order valence-electron chi connectivity index (χ1n) is 6.21. The highest BCUT2D eigenvalue weighted by molar-refractivity contribution is 5.82. The average Bonchev–Trinajstić information content (AvgIpc) is 2.77. The summed E-state index contributed by atoms with van der Waals surface area (Å²) in [7, 11) is 1.70. The van der Waals surface area contributed by atoms with Crippen LogP contribution in [0.15, 0.2) is 0 Å². The first-order valence-corrected chi connectivity index (χ1v) is 6.21. The molecule has 3 nitrogen and oxygen atoms in total. The fraction of sp³-hybridized carbons (Fsp3) is 0.923. The van der Waals surface area contributed by atoms with Gasteiger partial charge in [0.25, 0.3) is 0 Å². The van der Waals surface area contributed by atoms with E-state index < -0.39 is 0 Å². The molecule has 0 saturated heterocycles. The van der Waals surface area contributed by atoms with Crippen LogP contribution in [0.1, 0.15) is 46.0 Å². The number of ether oxygens (including phenoxy) is 2. The highest BCUT2D eigenvalue weighted by Crippen LogP contribution is 2.25. The normalized spacial score (nSPS) is 17.9. The molecule has 0 radical (unpaired) electrons. The predicted octanol–water partition coefficient (Wildman–Crippen LogP) is 2.58. The minimum absolute atomic E-state index is 0.156. The molecule has 94 valence electrons. The van der Waals surface area contributed by atoms with Crippen molar-refractivity contribution in [3.05, 3.63) is 0 Å². The molecule has 0 aromatic heterocycles. The number of rotatable bonds is 7. The smallest absolute Gasteiger partial charge is 0.161 e. The highest BCUT2D eigenvalue weighted by Gasteiger charge is 2.22. The van der Waals surface area contributed by atoms with Crippen molar-refractivity contribution in [3.8, 4) is 0 Å². The van der Waals surface area contributed by atoms with Gasteiger partial charge in [0.2, 0.25) is 0 Å². The first-order chi connectivity index (χ1) is 7.55. The van der Waals surface area contributed by atoms with Crippen LogP contribution in [0, 0.1) is 5.92 Å². The van der Waals surface area contributed by atoms with E-state index in [9.17, 15) is 4.79 Å². The van der Waals surface area contributed by atoms with Crippen LogP contribution in [0.25, 0.3) is 0 Å². The Morgan fingerprint density at radius 3 is 2.50 bits per heavy atom. The lowest BCUT2D eigenvalue weighted by atomic mass is 10.0. The van der Waals surface area contributed by atoms with Crippen molar-refractivity contribution in [1.29, 1.82) is 0 Å². The summed E-state index contributed by atoms with van der Waals surface area (Å²) in [6.45, 7) is 4.92. The number of hydrogen-bond donors (Lipinski definition) is 0. The molecule has 1 fully saturated rings. The van der Waals surface area contributed by atoms with Gasteiger partial charge in [-0.1, -0.05) is 12.8 Å². The molecule has 1 rings (SSSR count). The number of carbonyl (C=O) groups excluding carboxylic acids is 1. The molecule has 0 spiro atoms. The zero-order valence-electron chi connectivity index (χ0n) is 10.8. The Morgan fingerprint density at radius 1 is 1.31 bits per heavy atom. The summed E-state index contributed by atoms with van der Waals surface area (Å²) in [5, 5.41) is 0. The van der Waals surface area contributed by atoms with Crippen molar-refractivity contribution < 1.29 is 14.3 Å². The lowest BCUT2D eigenvalue weighted by Gasteiger charge is -2.22. The van der Waals surface area contributed by atoms with Gasteiger partial charge in [0, 0.05) is 19.6 Å². The van der Waals surface area contributed by atoms with Crippen LogP contribution in [0.3, 0.4) is 0 Å². The molecule has 3 heteroatoms. The van der Waals surface area contributed by atoms with Crippen molar-refractivity contribution in [3.63, 3.8) is 0 Å². The van der Waals surface area contributed by atoms with Crippen LogP contribution in [0.4, 0.5) is 0 Å². The van der Waals surface area contributed by atoms with Gasteiger partial charge in [-0.25, -0.2) is 0 Å². The third-order valence-corrected chi connectivity index (χ3v) is 3.46. The number of methoxy groups -OCH3 is 1. The Morgan fingerprint density at radius 2 is 1.94 bits per heavy atom. The summed E-state index contributed by atoms with van der Waals surface area (Å²) in [6, 6.07) is 0. The van der Waals surface area contributed by atoms with Crippen molar-refractivity contribution >= 4 is 5.78 Å².